The first kappa shape index (κ1) is 14.8. The molecule has 5 heteroatoms. The SMILES string of the molecule is CCOC1CC(Nc2ccc(NC(=O)COC)cc2)C1. The third-order valence-corrected chi connectivity index (χ3v) is 3.31. The van der Waals surface area contributed by atoms with Gasteiger partial charge in [-0.05, 0) is 44.0 Å². The third-order valence-electron chi connectivity index (χ3n) is 3.31. The number of methoxy groups -OCH3 is 1. The van der Waals surface area contributed by atoms with Crippen LogP contribution in [0.15, 0.2) is 24.3 Å². The second kappa shape index (κ2) is 7.26. The van der Waals surface area contributed by atoms with Crippen molar-refractivity contribution in [2.24, 2.45) is 0 Å². The van der Waals surface area contributed by atoms with E-state index in [2.05, 4.69) is 10.6 Å². The highest BCUT2D eigenvalue weighted by Crippen LogP contribution is 2.27. The van der Waals surface area contributed by atoms with Crippen molar-refractivity contribution in [3.63, 3.8) is 0 Å². The molecule has 1 aliphatic rings. The zero-order chi connectivity index (χ0) is 14.4. The van der Waals surface area contributed by atoms with Crippen molar-refractivity contribution < 1.29 is 14.3 Å². The van der Waals surface area contributed by atoms with Crippen molar-refractivity contribution in [2.45, 2.75) is 31.9 Å². The van der Waals surface area contributed by atoms with Gasteiger partial charge in [0.15, 0.2) is 0 Å². The summed E-state index contributed by atoms with van der Waals surface area (Å²) < 4.78 is 10.3. The van der Waals surface area contributed by atoms with Gasteiger partial charge in [0, 0.05) is 31.1 Å². The van der Waals surface area contributed by atoms with E-state index in [1.54, 1.807) is 0 Å². The molecule has 2 rings (SSSR count). The van der Waals surface area contributed by atoms with Crippen molar-refractivity contribution in [1.82, 2.24) is 0 Å². The fourth-order valence-corrected chi connectivity index (χ4v) is 2.27. The molecule has 0 heterocycles. The standard InChI is InChI=1S/C15H22N2O3/c1-3-20-14-8-13(9-14)16-11-4-6-12(7-5-11)17-15(18)10-19-2/h4-7,13-14,16H,3,8-10H2,1-2H3,(H,17,18). The van der Waals surface area contributed by atoms with Crippen LogP contribution < -0.4 is 10.6 Å². The normalized spacial score (nSPS) is 21.1. The lowest BCUT2D eigenvalue weighted by atomic mass is 9.89. The Labute approximate surface area is 119 Å². The lowest BCUT2D eigenvalue weighted by Crippen LogP contribution is -2.40. The van der Waals surface area contributed by atoms with E-state index in [1.165, 1.54) is 7.11 Å². The summed E-state index contributed by atoms with van der Waals surface area (Å²) in [4.78, 5) is 11.4. The number of ether oxygens (including phenoxy) is 2. The Balaban J connectivity index is 1.76. The minimum atomic E-state index is -0.147. The number of hydrogen-bond acceptors (Lipinski definition) is 4. The smallest absolute Gasteiger partial charge is 0.250 e. The van der Waals surface area contributed by atoms with Crippen LogP contribution in [0.2, 0.25) is 0 Å². The summed E-state index contributed by atoms with van der Waals surface area (Å²) in [6.45, 7) is 2.88. The largest absolute Gasteiger partial charge is 0.382 e. The maximum Gasteiger partial charge on any atom is 0.250 e. The van der Waals surface area contributed by atoms with Gasteiger partial charge in [-0.25, -0.2) is 0 Å². The summed E-state index contributed by atoms with van der Waals surface area (Å²) in [5.41, 5.74) is 1.84. The molecule has 0 radical (unpaired) electrons. The molecule has 1 aliphatic carbocycles. The number of rotatable bonds is 7. The molecule has 0 aromatic heterocycles. The molecule has 2 N–H and O–H groups in total. The maximum atomic E-state index is 11.4. The van der Waals surface area contributed by atoms with Crippen LogP contribution in [0.1, 0.15) is 19.8 Å². The molecule has 1 fully saturated rings. The average Bonchev–Trinajstić information content (AvgIpc) is 2.39. The molecule has 0 aliphatic heterocycles. The van der Waals surface area contributed by atoms with Gasteiger partial charge in [0.2, 0.25) is 5.91 Å². The molecule has 1 amide bonds. The zero-order valence-corrected chi connectivity index (χ0v) is 12.0. The topological polar surface area (TPSA) is 59.6 Å². The highest BCUT2D eigenvalue weighted by atomic mass is 16.5. The molecular formula is C15H22N2O3. The number of carbonyl (C=O) groups excluding carboxylic acids is 1. The van der Waals surface area contributed by atoms with Gasteiger partial charge in [0.05, 0.1) is 6.10 Å². The van der Waals surface area contributed by atoms with E-state index < -0.39 is 0 Å². The lowest BCUT2D eigenvalue weighted by Gasteiger charge is -2.36. The van der Waals surface area contributed by atoms with Crippen molar-refractivity contribution in [1.29, 1.82) is 0 Å². The number of hydrogen-bond donors (Lipinski definition) is 2. The van der Waals surface area contributed by atoms with Crippen molar-refractivity contribution in [2.75, 3.05) is 31.0 Å². The molecule has 0 unspecified atom stereocenters. The molecule has 1 aromatic carbocycles. The van der Waals surface area contributed by atoms with Gasteiger partial charge in [-0.15, -0.1) is 0 Å². The molecule has 0 saturated heterocycles. The van der Waals surface area contributed by atoms with Gasteiger partial charge in [-0.1, -0.05) is 0 Å². The van der Waals surface area contributed by atoms with Gasteiger partial charge in [0.25, 0.3) is 0 Å². The Morgan fingerprint density at radius 2 is 1.90 bits per heavy atom. The average molecular weight is 278 g/mol. The van der Waals surface area contributed by atoms with E-state index in [9.17, 15) is 4.79 Å². The Kier molecular flexibility index (Phi) is 5.38. The molecule has 0 atom stereocenters. The summed E-state index contributed by atoms with van der Waals surface area (Å²) in [5, 5.41) is 6.22. The fourth-order valence-electron chi connectivity index (χ4n) is 2.27. The number of benzene rings is 1. The van der Waals surface area contributed by atoms with E-state index >= 15 is 0 Å². The minimum Gasteiger partial charge on any atom is -0.382 e. The molecule has 0 spiro atoms. The number of anilines is 2. The van der Waals surface area contributed by atoms with E-state index in [4.69, 9.17) is 9.47 Å². The van der Waals surface area contributed by atoms with Gasteiger partial charge in [-0.3, -0.25) is 4.79 Å². The first-order valence-corrected chi connectivity index (χ1v) is 6.98. The summed E-state index contributed by atoms with van der Waals surface area (Å²) in [5.74, 6) is -0.147. The summed E-state index contributed by atoms with van der Waals surface area (Å²) in [7, 11) is 1.50. The van der Waals surface area contributed by atoms with Crippen molar-refractivity contribution in [3.05, 3.63) is 24.3 Å². The molecular weight excluding hydrogens is 256 g/mol. The molecule has 0 bridgehead atoms. The summed E-state index contributed by atoms with van der Waals surface area (Å²) in [6.07, 6.45) is 2.52. The Morgan fingerprint density at radius 1 is 1.25 bits per heavy atom. The monoisotopic (exact) mass is 278 g/mol. The van der Waals surface area contributed by atoms with Gasteiger partial charge >= 0.3 is 0 Å². The van der Waals surface area contributed by atoms with Crippen molar-refractivity contribution in [3.8, 4) is 0 Å². The highest BCUT2D eigenvalue weighted by Gasteiger charge is 2.29. The molecule has 1 aromatic rings. The molecule has 5 nitrogen and oxygen atoms in total. The Bertz CT molecular complexity index is 427. The molecule has 1 saturated carbocycles. The van der Waals surface area contributed by atoms with E-state index in [0.717, 1.165) is 30.8 Å². The van der Waals surface area contributed by atoms with Crippen LogP contribution in [0, 0.1) is 0 Å². The molecule has 110 valence electrons. The van der Waals surface area contributed by atoms with E-state index in [1.807, 2.05) is 31.2 Å². The van der Waals surface area contributed by atoms with Crippen LogP contribution >= 0.6 is 0 Å². The number of nitrogens with one attached hydrogen (secondary N) is 2. The van der Waals surface area contributed by atoms with Crippen molar-refractivity contribution >= 4 is 17.3 Å². The third kappa shape index (κ3) is 4.21. The van der Waals surface area contributed by atoms with Gasteiger partial charge in [-0.2, -0.15) is 0 Å². The Hall–Kier alpha value is -1.59. The first-order valence-electron chi connectivity index (χ1n) is 6.98. The Morgan fingerprint density at radius 3 is 2.50 bits per heavy atom. The lowest BCUT2D eigenvalue weighted by molar-refractivity contribution is -0.119. The van der Waals surface area contributed by atoms with Crippen LogP contribution in [0.4, 0.5) is 11.4 Å². The maximum absolute atomic E-state index is 11.4. The van der Waals surface area contributed by atoms with Gasteiger partial charge in [0.1, 0.15) is 6.61 Å². The zero-order valence-electron chi connectivity index (χ0n) is 12.0. The number of amides is 1. The predicted molar refractivity (Wildman–Crippen MR) is 79.0 cm³/mol. The fraction of sp³-hybridized carbons (Fsp3) is 0.533. The number of carbonyl (C=O) groups is 1. The van der Waals surface area contributed by atoms with Crippen LogP contribution in [0.3, 0.4) is 0 Å². The van der Waals surface area contributed by atoms with E-state index in [0.29, 0.717) is 12.1 Å². The van der Waals surface area contributed by atoms with Crippen LogP contribution in [-0.4, -0.2) is 38.4 Å². The van der Waals surface area contributed by atoms with Crippen LogP contribution in [0.25, 0.3) is 0 Å². The second-order valence-corrected chi connectivity index (χ2v) is 4.95. The first-order chi connectivity index (χ1) is 9.71. The van der Waals surface area contributed by atoms with E-state index in [-0.39, 0.29) is 12.5 Å². The highest BCUT2D eigenvalue weighted by molar-refractivity contribution is 5.91. The second-order valence-electron chi connectivity index (χ2n) is 4.95. The molecule has 20 heavy (non-hydrogen) atoms. The van der Waals surface area contributed by atoms with Gasteiger partial charge < -0.3 is 20.1 Å². The summed E-state index contributed by atoms with van der Waals surface area (Å²) >= 11 is 0. The summed E-state index contributed by atoms with van der Waals surface area (Å²) in [6, 6.07) is 8.19. The minimum absolute atomic E-state index is 0.0703. The van der Waals surface area contributed by atoms with Crippen LogP contribution in [-0.2, 0) is 14.3 Å². The van der Waals surface area contributed by atoms with Crippen LogP contribution in [0.5, 0.6) is 0 Å². The predicted octanol–water partition coefficient (Wildman–Crippen LogP) is 2.25. The quantitative estimate of drug-likeness (QED) is 0.803.